The van der Waals surface area contributed by atoms with E-state index in [1.54, 1.807) is 0 Å². The molecule has 0 saturated carbocycles. The molecular weight excluding hydrogens is 308 g/mol. The fourth-order valence-electron chi connectivity index (χ4n) is 5.42. The van der Waals surface area contributed by atoms with Gasteiger partial charge in [-0.3, -0.25) is 4.55 Å². The van der Waals surface area contributed by atoms with Crippen molar-refractivity contribution in [1.82, 2.24) is 0 Å². The quantitative estimate of drug-likeness (QED) is 0.803. The summed E-state index contributed by atoms with van der Waals surface area (Å²) in [5.41, 5.74) is 7.50. The predicted molar refractivity (Wildman–Crippen MR) is 90.1 cm³/mol. The zero-order valence-electron chi connectivity index (χ0n) is 13.6. The minimum Gasteiger partial charge on any atom is -0.282 e. The fourth-order valence-corrected chi connectivity index (χ4v) is 6.47. The van der Waals surface area contributed by atoms with Crippen molar-refractivity contribution in [1.29, 1.82) is 0 Å². The molecule has 3 atom stereocenters. The smallest absolute Gasteiger partial charge is 0.282 e. The minimum atomic E-state index is -4.21. The Morgan fingerprint density at radius 3 is 2.13 bits per heavy atom. The van der Waals surface area contributed by atoms with Gasteiger partial charge in [0.1, 0.15) is 4.90 Å². The van der Waals surface area contributed by atoms with Crippen molar-refractivity contribution >= 4 is 20.9 Å². The molecule has 23 heavy (non-hydrogen) atoms. The van der Waals surface area contributed by atoms with Crippen LogP contribution in [0.1, 0.15) is 71.9 Å². The summed E-state index contributed by atoms with van der Waals surface area (Å²) in [6.45, 7) is 6.56. The van der Waals surface area contributed by atoms with Gasteiger partial charge in [0.15, 0.2) is 0 Å². The molecule has 0 aromatic heterocycles. The van der Waals surface area contributed by atoms with Crippen LogP contribution in [0.2, 0.25) is 0 Å². The van der Waals surface area contributed by atoms with Crippen LogP contribution in [0.25, 0.3) is 10.8 Å². The molecule has 0 amide bonds. The van der Waals surface area contributed by atoms with Crippen LogP contribution in [0, 0.1) is 0 Å². The van der Waals surface area contributed by atoms with Crippen molar-refractivity contribution in [2.24, 2.45) is 0 Å². The van der Waals surface area contributed by atoms with E-state index in [-0.39, 0.29) is 10.8 Å². The van der Waals surface area contributed by atoms with Crippen LogP contribution in [0.4, 0.5) is 0 Å². The van der Waals surface area contributed by atoms with E-state index in [0.717, 1.165) is 35.6 Å². The van der Waals surface area contributed by atoms with Crippen molar-refractivity contribution in [2.45, 2.75) is 62.7 Å². The second-order valence-electron chi connectivity index (χ2n) is 7.78. The van der Waals surface area contributed by atoms with Crippen molar-refractivity contribution < 1.29 is 13.0 Å². The Balaban J connectivity index is 2.04. The summed E-state index contributed by atoms with van der Waals surface area (Å²) in [4.78, 5) is 0.197. The first-order chi connectivity index (χ1) is 10.8. The van der Waals surface area contributed by atoms with E-state index in [1.165, 1.54) is 27.8 Å². The summed E-state index contributed by atoms with van der Waals surface area (Å²) in [5.74, 6) is 1.23. The van der Waals surface area contributed by atoms with Crippen LogP contribution in [-0.2, 0) is 29.4 Å². The molecule has 120 valence electrons. The molecule has 0 saturated heterocycles. The van der Waals surface area contributed by atoms with E-state index in [2.05, 4.69) is 20.8 Å². The second kappa shape index (κ2) is 3.98. The molecule has 2 aromatic carbocycles. The molecule has 1 N–H and O–H groups in total. The summed E-state index contributed by atoms with van der Waals surface area (Å²) in [5, 5.41) is 1.92. The van der Waals surface area contributed by atoms with Gasteiger partial charge in [0, 0.05) is 5.39 Å². The lowest BCUT2D eigenvalue weighted by Crippen LogP contribution is -2.23. The molecule has 0 fully saturated rings. The highest BCUT2D eigenvalue weighted by molar-refractivity contribution is 7.86. The Morgan fingerprint density at radius 1 is 0.913 bits per heavy atom. The highest BCUT2D eigenvalue weighted by atomic mass is 32.2. The maximum absolute atomic E-state index is 12.2. The lowest BCUT2D eigenvalue weighted by molar-refractivity contribution is 0.479. The van der Waals surface area contributed by atoms with Gasteiger partial charge in [-0.1, -0.05) is 20.8 Å². The normalized spacial score (nSPS) is 27.4. The molecule has 3 aliphatic rings. The maximum Gasteiger partial charge on any atom is 0.295 e. The molecule has 3 unspecified atom stereocenters. The summed E-state index contributed by atoms with van der Waals surface area (Å²) >= 11 is 0. The fraction of sp³-hybridized carbons (Fsp3) is 0.474. The SMILES string of the molecule is CC1Cc2c1c(S(=O)(=O)O)c1cc3c(c4c1c2C(C)C4)C(C)C3. The average molecular weight is 328 g/mol. The van der Waals surface area contributed by atoms with Gasteiger partial charge < -0.3 is 0 Å². The molecule has 3 nitrogen and oxygen atoms in total. The molecule has 0 radical (unpaired) electrons. The lowest BCUT2D eigenvalue weighted by atomic mass is 9.71. The first-order valence-corrected chi connectivity index (χ1v) is 9.87. The summed E-state index contributed by atoms with van der Waals surface area (Å²) in [6, 6.07) is 2.05. The highest BCUT2D eigenvalue weighted by Crippen LogP contribution is 2.55. The third-order valence-electron chi connectivity index (χ3n) is 6.25. The van der Waals surface area contributed by atoms with Gasteiger partial charge in [-0.15, -0.1) is 0 Å². The van der Waals surface area contributed by atoms with Crippen LogP contribution in [0.15, 0.2) is 11.0 Å². The summed E-state index contributed by atoms with van der Waals surface area (Å²) < 4.78 is 34.2. The second-order valence-corrected chi connectivity index (χ2v) is 9.13. The third-order valence-corrected chi connectivity index (χ3v) is 7.21. The first kappa shape index (κ1) is 14.0. The van der Waals surface area contributed by atoms with Crippen LogP contribution in [0.5, 0.6) is 0 Å². The molecule has 0 heterocycles. The van der Waals surface area contributed by atoms with Crippen LogP contribution >= 0.6 is 0 Å². The highest BCUT2D eigenvalue weighted by Gasteiger charge is 2.41. The Morgan fingerprint density at radius 2 is 1.52 bits per heavy atom. The molecule has 3 aliphatic carbocycles. The van der Waals surface area contributed by atoms with Crippen LogP contribution in [0.3, 0.4) is 0 Å². The largest absolute Gasteiger partial charge is 0.295 e. The Hall–Kier alpha value is -1.39. The molecule has 5 rings (SSSR count). The molecule has 0 bridgehead atoms. The van der Waals surface area contributed by atoms with Gasteiger partial charge in [0.25, 0.3) is 10.1 Å². The zero-order valence-corrected chi connectivity index (χ0v) is 14.4. The van der Waals surface area contributed by atoms with Crippen molar-refractivity contribution in [2.75, 3.05) is 0 Å². The molecule has 4 heteroatoms. The van der Waals surface area contributed by atoms with Gasteiger partial charge in [0.2, 0.25) is 0 Å². The molecule has 0 spiro atoms. The zero-order chi connectivity index (χ0) is 16.3. The maximum atomic E-state index is 12.2. The molecule has 2 aromatic rings. The Kier molecular flexibility index (Phi) is 2.42. The van der Waals surface area contributed by atoms with E-state index in [1.807, 2.05) is 6.07 Å². The van der Waals surface area contributed by atoms with Gasteiger partial charge in [-0.05, 0) is 81.8 Å². The van der Waals surface area contributed by atoms with E-state index >= 15 is 0 Å². The summed E-state index contributed by atoms with van der Waals surface area (Å²) in [7, 11) is -4.21. The topological polar surface area (TPSA) is 54.4 Å². The number of rotatable bonds is 1. The Labute approximate surface area is 136 Å². The van der Waals surface area contributed by atoms with Gasteiger partial charge in [-0.2, -0.15) is 8.42 Å². The Bertz CT molecular complexity index is 1020. The monoisotopic (exact) mass is 328 g/mol. The predicted octanol–water partition coefficient (Wildman–Crippen LogP) is 4.07. The van der Waals surface area contributed by atoms with Gasteiger partial charge in [0.05, 0.1) is 0 Å². The van der Waals surface area contributed by atoms with Gasteiger partial charge in [-0.25, -0.2) is 0 Å². The first-order valence-electron chi connectivity index (χ1n) is 8.43. The van der Waals surface area contributed by atoms with Gasteiger partial charge >= 0.3 is 0 Å². The molecule has 0 aliphatic heterocycles. The summed E-state index contributed by atoms with van der Waals surface area (Å²) in [6.07, 6.45) is 2.95. The standard InChI is InChI=1S/C19H20O3S/c1-8-4-11-7-14-18-12(15(8)11)5-9(2)16(18)13-6-10(3)17(13)19(14)23(20,21)22/h7-10H,4-6H2,1-3H3,(H,20,21,22). The van der Waals surface area contributed by atoms with Crippen molar-refractivity contribution in [3.05, 3.63) is 39.4 Å². The molecular formula is C19H20O3S. The van der Waals surface area contributed by atoms with E-state index in [4.69, 9.17) is 0 Å². The third kappa shape index (κ3) is 1.52. The minimum absolute atomic E-state index is 0.197. The number of fused-ring (bicyclic) bond motifs is 4. The van der Waals surface area contributed by atoms with Crippen LogP contribution in [-0.4, -0.2) is 13.0 Å². The number of benzene rings is 2. The number of hydrogen-bond donors (Lipinski definition) is 1. The number of hydrogen-bond acceptors (Lipinski definition) is 2. The van der Waals surface area contributed by atoms with Crippen molar-refractivity contribution in [3.63, 3.8) is 0 Å². The van der Waals surface area contributed by atoms with Crippen LogP contribution < -0.4 is 0 Å². The average Bonchev–Trinajstić information content (AvgIpc) is 2.74. The van der Waals surface area contributed by atoms with E-state index in [0.29, 0.717) is 11.8 Å². The van der Waals surface area contributed by atoms with E-state index in [9.17, 15) is 13.0 Å². The lowest BCUT2D eigenvalue weighted by Gasteiger charge is -2.35. The van der Waals surface area contributed by atoms with Crippen molar-refractivity contribution in [3.8, 4) is 0 Å². The van der Waals surface area contributed by atoms with E-state index < -0.39 is 10.1 Å².